The Morgan fingerprint density at radius 3 is 1.48 bits per heavy atom. The van der Waals surface area contributed by atoms with E-state index in [0.29, 0.717) is 0 Å². The Balaban J connectivity index is 4.37. The second-order valence-corrected chi connectivity index (χ2v) is 5.61. The van der Waals surface area contributed by atoms with Crippen molar-refractivity contribution in [2.75, 3.05) is 13.2 Å². The minimum absolute atomic E-state index is 0.892. The van der Waals surface area contributed by atoms with E-state index in [9.17, 15) is 35.8 Å². The van der Waals surface area contributed by atoms with E-state index in [1.54, 1.807) is 0 Å². The van der Waals surface area contributed by atoms with Crippen LogP contribution in [0.5, 0.6) is 0 Å². The number of phosphoric ester groups is 1. The van der Waals surface area contributed by atoms with Crippen LogP contribution in [0.3, 0.4) is 0 Å². The molecule has 0 aromatic carbocycles. The van der Waals surface area contributed by atoms with Gasteiger partial charge in [-0.15, -0.1) is 0 Å². The van der Waals surface area contributed by atoms with E-state index < -0.39 is 58.1 Å². The van der Waals surface area contributed by atoms with Crippen molar-refractivity contribution >= 4 is 7.82 Å². The Bertz CT molecular complexity index is 337. The molecule has 2 unspecified atom stereocenters. The second-order valence-electron chi connectivity index (χ2n) is 4.20. The molecule has 0 N–H and O–H groups in total. The third-order valence-corrected chi connectivity index (χ3v) is 3.55. The van der Waals surface area contributed by atoms with Crippen molar-refractivity contribution in [3.8, 4) is 0 Å². The Labute approximate surface area is 118 Å². The lowest BCUT2D eigenvalue weighted by atomic mass is 10.2. The van der Waals surface area contributed by atoms with E-state index >= 15 is 0 Å². The standard InChI is InChI=1S/C10H17F6O4P/c1-3-9(13,14)7(11)5-19-21(17,18)20-6-8(12)10(15,16)4-2/h7-8H,3-6H2,1-2H3,(H,17,18)/p-1. The smallest absolute Gasteiger partial charge is 0.280 e. The monoisotopic (exact) mass is 345 g/mol. The first-order valence-electron chi connectivity index (χ1n) is 6.02. The van der Waals surface area contributed by atoms with Crippen molar-refractivity contribution in [2.45, 2.75) is 50.9 Å². The van der Waals surface area contributed by atoms with Gasteiger partial charge in [-0.2, -0.15) is 0 Å². The van der Waals surface area contributed by atoms with Crippen molar-refractivity contribution < 1.29 is 44.8 Å². The molecule has 0 spiro atoms. The molecule has 0 aromatic heterocycles. The third-order valence-electron chi connectivity index (χ3n) is 2.62. The highest BCUT2D eigenvalue weighted by Gasteiger charge is 2.40. The number of hydrogen-bond acceptors (Lipinski definition) is 4. The Morgan fingerprint density at radius 2 is 1.24 bits per heavy atom. The maximum absolute atomic E-state index is 13.0. The lowest BCUT2D eigenvalue weighted by Crippen LogP contribution is -2.35. The molecule has 0 aromatic rings. The summed E-state index contributed by atoms with van der Waals surface area (Å²) in [6, 6.07) is 0. The van der Waals surface area contributed by atoms with Crippen LogP contribution in [-0.2, 0) is 13.6 Å². The van der Waals surface area contributed by atoms with Crippen LogP contribution >= 0.6 is 7.82 Å². The van der Waals surface area contributed by atoms with Crippen LogP contribution < -0.4 is 4.89 Å². The van der Waals surface area contributed by atoms with Gasteiger partial charge in [0.15, 0.2) is 12.3 Å². The largest absolute Gasteiger partial charge is 0.756 e. The van der Waals surface area contributed by atoms with Gasteiger partial charge in [0.05, 0.1) is 13.2 Å². The van der Waals surface area contributed by atoms with Gasteiger partial charge in [0, 0.05) is 12.8 Å². The molecule has 0 fully saturated rings. The molecular weight excluding hydrogens is 329 g/mol. The summed E-state index contributed by atoms with van der Waals surface area (Å²) in [5.41, 5.74) is 0. The third kappa shape index (κ3) is 6.99. The quantitative estimate of drug-likeness (QED) is 0.450. The van der Waals surface area contributed by atoms with Crippen molar-refractivity contribution in [3.63, 3.8) is 0 Å². The van der Waals surface area contributed by atoms with Gasteiger partial charge in [-0.05, 0) is 0 Å². The van der Waals surface area contributed by atoms with Crippen LogP contribution in [0.15, 0.2) is 0 Å². The number of rotatable bonds is 10. The topological polar surface area (TPSA) is 58.6 Å². The average Bonchev–Trinajstić information content (AvgIpc) is 2.42. The van der Waals surface area contributed by atoms with Gasteiger partial charge in [-0.25, -0.2) is 26.3 Å². The molecule has 21 heavy (non-hydrogen) atoms. The van der Waals surface area contributed by atoms with Gasteiger partial charge in [0.25, 0.3) is 19.7 Å². The van der Waals surface area contributed by atoms with Crippen molar-refractivity contribution in [2.24, 2.45) is 0 Å². The molecule has 11 heteroatoms. The summed E-state index contributed by atoms with van der Waals surface area (Å²) in [6.45, 7) is -1.16. The fourth-order valence-electron chi connectivity index (χ4n) is 1.04. The van der Waals surface area contributed by atoms with E-state index in [0.717, 1.165) is 13.8 Å². The van der Waals surface area contributed by atoms with Crippen LogP contribution in [0.25, 0.3) is 0 Å². The zero-order valence-corrected chi connectivity index (χ0v) is 12.2. The molecule has 128 valence electrons. The maximum Gasteiger partial charge on any atom is 0.280 e. The first-order chi connectivity index (χ1) is 9.38. The number of phosphoric acid groups is 1. The van der Waals surface area contributed by atoms with Gasteiger partial charge < -0.3 is 13.9 Å². The highest BCUT2D eigenvalue weighted by atomic mass is 31.2. The van der Waals surface area contributed by atoms with Gasteiger partial charge in [-0.3, -0.25) is 4.57 Å². The normalized spacial score (nSPS) is 19.1. The van der Waals surface area contributed by atoms with Gasteiger partial charge in [0.1, 0.15) is 0 Å². The van der Waals surface area contributed by atoms with E-state index in [1.807, 2.05) is 0 Å². The lowest BCUT2D eigenvalue weighted by Gasteiger charge is -2.27. The Hall–Kier alpha value is -0.310. The summed E-state index contributed by atoms with van der Waals surface area (Å²) in [4.78, 5) is 11.0. The highest BCUT2D eigenvalue weighted by Crippen LogP contribution is 2.41. The second kappa shape index (κ2) is 7.80. The van der Waals surface area contributed by atoms with E-state index in [-0.39, 0.29) is 0 Å². The summed E-state index contributed by atoms with van der Waals surface area (Å²) >= 11 is 0. The van der Waals surface area contributed by atoms with Crippen molar-refractivity contribution in [1.29, 1.82) is 0 Å². The molecule has 2 atom stereocenters. The van der Waals surface area contributed by atoms with Gasteiger partial charge in [-0.1, -0.05) is 13.8 Å². The predicted molar refractivity (Wildman–Crippen MR) is 59.8 cm³/mol. The first-order valence-corrected chi connectivity index (χ1v) is 7.48. The average molecular weight is 345 g/mol. The molecule has 0 aliphatic carbocycles. The summed E-state index contributed by atoms with van der Waals surface area (Å²) in [5.74, 6) is -7.62. The van der Waals surface area contributed by atoms with E-state index in [2.05, 4.69) is 9.05 Å². The number of hydrogen-bond donors (Lipinski definition) is 0. The summed E-state index contributed by atoms with van der Waals surface area (Å²) in [6.07, 6.45) is -7.63. The van der Waals surface area contributed by atoms with E-state index in [4.69, 9.17) is 0 Å². The Kier molecular flexibility index (Phi) is 7.69. The SMILES string of the molecule is CCC(F)(F)C(F)COP(=O)([O-])OCC(F)C(F)(F)CC. The van der Waals surface area contributed by atoms with Crippen LogP contribution in [0.2, 0.25) is 0 Å². The van der Waals surface area contributed by atoms with Crippen molar-refractivity contribution in [3.05, 3.63) is 0 Å². The first kappa shape index (κ1) is 20.7. The molecule has 0 saturated carbocycles. The molecule has 0 heterocycles. The van der Waals surface area contributed by atoms with Crippen LogP contribution in [-0.4, -0.2) is 37.4 Å². The lowest BCUT2D eigenvalue weighted by molar-refractivity contribution is -0.232. The maximum atomic E-state index is 13.0. The van der Waals surface area contributed by atoms with Crippen LogP contribution in [0, 0.1) is 0 Å². The van der Waals surface area contributed by atoms with Crippen LogP contribution in [0.4, 0.5) is 26.3 Å². The van der Waals surface area contributed by atoms with Gasteiger partial charge >= 0.3 is 0 Å². The molecular formula is C10H16F6O4P-. The van der Waals surface area contributed by atoms with Crippen molar-refractivity contribution in [1.82, 2.24) is 0 Å². The predicted octanol–water partition coefficient (Wildman–Crippen LogP) is 3.25. The highest BCUT2D eigenvalue weighted by molar-refractivity contribution is 7.45. The number of halogens is 6. The molecule has 0 rings (SSSR count). The van der Waals surface area contributed by atoms with Crippen LogP contribution in [0.1, 0.15) is 26.7 Å². The zero-order valence-electron chi connectivity index (χ0n) is 11.3. The Morgan fingerprint density at radius 1 is 0.952 bits per heavy atom. The minimum atomic E-state index is -5.36. The molecule has 0 saturated heterocycles. The molecule has 0 bridgehead atoms. The molecule has 0 amide bonds. The number of alkyl halides is 6. The molecule has 0 aliphatic rings. The molecule has 4 nitrogen and oxygen atoms in total. The zero-order chi connectivity index (χ0) is 16.9. The summed E-state index contributed by atoms with van der Waals surface area (Å²) < 4.78 is 95.7. The fourth-order valence-corrected chi connectivity index (χ4v) is 1.74. The van der Waals surface area contributed by atoms with E-state index in [1.165, 1.54) is 0 Å². The molecule has 0 aliphatic heterocycles. The van der Waals surface area contributed by atoms with Gasteiger partial charge in [0.2, 0.25) is 0 Å². The minimum Gasteiger partial charge on any atom is -0.756 e. The summed E-state index contributed by atoms with van der Waals surface area (Å²) in [7, 11) is -5.36. The fraction of sp³-hybridized carbons (Fsp3) is 1.00. The molecule has 0 radical (unpaired) electrons. The summed E-state index contributed by atoms with van der Waals surface area (Å²) in [5, 5.41) is 0.